The summed E-state index contributed by atoms with van der Waals surface area (Å²) in [5.74, 6) is -6.96. The fourth-order valence-electron chi connectivity index (χ4n) is 4.36. The fourth-order valence-corrected chi connectivity index (χ4v) is 4.36. The zero-order chi connectivity index (χ0) is 35.2. The highest BCUT2D eigenvalue weighted by molar-refractivity contribution is 5.96. The Hall–Kier alpha value is -4.53. The molecule has 0 bridgehead atoms. The van der Waals surface area contributed by atoms with E-state index in [0.29, 0.717) is 6.42 Å². The molecule has 0 spiro atoms. The molecule has 46 heavy (non-hydrogen) atoms. The van der Waals surface area contributed by atoms with Crippen LogP contribution in [-0.4, -0.2) is 125 Å². The number of halogens is 3. The number of nitrogens with zero attached hydrogens (tertiary/aromatic N) is 2. The number of likely N-dealkylation sites (tertiary alicyclic amines) is 1. The van der Waals surface area contributed by atoms with E-state index < -0.39 is 97.4 Å². The van der Waals surface area contributed by atoms with Gasteiger partial charge in [0.05, 0.1) is 31.5 Å². The monoisotopic (exact) mass is 667 g/mol. The number of guanidine groups is 1. The van der Waals surface area contributed by atoms with E-state index in [2.05, 4.69) is 10.3 Å². The standard InChI is InChI=1S/C25H40F3N9O9/c1-12(33-19(42)14(29)4-2-6-32-24(30)31)23(46)37-7-3-5-17(37)22(45)35-15(9-25(26,27)28)20(43)36-16(11-39)21(44)34-13(10-38)8-18(40)41/h10,12-17,39H,2-9,11,29H2,1H3,(H,33,42)(H,34,44)(H,35,45)(H,36,43)(H,40,41)(H4,30,31,32)/t12-,13-,14-,15-,16-,17-/m0/s1. The van der Waals surface area contributed by atoms with E-state index >= 15 is 0 Å². The minimum absolute atomic E-state index is 0.0127. The summed E-state index contributed by atoms with van der Waals surface area (Å²) in [6.45, 7) is 0.401. The van der Waals surface area contributed by atoms with Crippen molar-refractivity contribution in [3.8, 4) is 0 Å². The van der Waals surface area contributed by atoms with Crippen LogP contribution in [0.4, 0.5) is 13.2 Å². The highest BCUT2D eigenvalue weighted by Gasteiger charge is 2.41. The number of amides is 5. The minimum Gasteiger partial charge on any atom is -0.481 e. The fraction of sp³-hybridized carbons (Fsp3) is 0.680. The number of hydrogen-bond donors (Lipinski definition) is 9. The van der Waals surface area contributed by atoms with Gasteiger partial charge in [0, 0.05) is 13.1 Å². The summed E-state index contributed by atoms with van der Waals surface area (Å²) >= 11 is 0. The summed E-state index contributed by atoms with van der Waals surface area (Å²) in [5.41, 5.74) is 16.3. The van der Waals surface area contributed by atoms with Crippen LogP contribution < -0.4 is 38.5 Å². The number of nitrogens with one attached hydrogen (secondary N) is 4. The smallest absolute Gasteiger partial charge is 0.391 e. The summed E-state index contributed by atoms with van der Waals surface area (Å²) in [6, 6.07) is -9.31. The van der Waals surface area contributed by atoms with Gasteiger partial charge in [-0.3, -0.25) is 33.8 Å². The Morgan fingerprint density at radius 3 is 2.20 bits per heavy atom. The molecule has 0 saturated carbocycles. The normalized spacial score (nSPS) is 17.8. The Labute approximate surface area is 261 Å². The number of aliphatic hydroxyl groups excluding tert-OH is 1. The van der Waals surface area contributed by atoms with Gasteiger partial charge in [-0.05, 0) is 32.6 Å². The number of hydrogen-bond acceptors (Lipinski definition) is 10. The Bertz CT molecular complexity index is 1150. The second-order valence-electron chi connectivity index (χ2n) is 10.4. The van der Waals surface area contributed by atoms with E-state index in [9.17, 15) is 51.8 Å². The molecule has 21 heteroatoms. The van der Waals surface area contributed by atoms with Gasteiger partial charge in [-0.1, -0.05) is 0 Å². The lowest BCUT2D eigenvalue weighted by molar-refractivity contribution is -0.153. The molecule has 12 N–H and O–H groups in total. The second kappa shape index (κ2) is 18.4. The largest absolute Gasteiger partial charge is 0.481 e. The van der Waals surface area contributed by atoms with Crippen molar-refractivity contribution in [2.75, 3.05) is 19.7 Å². The van der Waals surface area contributed by atoms with Gasteiger partial charge in [0.2, 0.25) is 29.5 Å². The molecule has 1 fully saturated rings. The topological polar surface area (TPSA) is 302 Å². The van der Waals surface area contributed by atoms with Crippen LogP contribution in [0, 0.1) is 0 Å². The number of alkyl halides is 3. The van der Waals surface area contributed by atoms with Crippen LogP contribution in [0.1, 0.15) is 45.4 Å². The summed E-state index contributed by atoms with van der Waals surface area (Å²) in [5, 5.41) is 26.4. The highest BCUT2D eigenvalue weighted by Crippen LogP contribution is 2.23. The summed E-state index contributed by atoms with van der Waals surface area (Å²) in [6.07, 6.45) is -6.84. The average molecular weight is 668 g/mol. The number of aliphatic imine (C=N–C) groups is 1. The van der Waals surface area contributed by atoms with Gasteiger partial charge in [0.25, 0.3) is 0 Å². The lowest BCUT2D eigenvalue weighted by atomic mass is 10.1. The van der Waals surface area contributed by atoms with Crippen LogP contribution >= 0.6 is 0 Å². The number of aldehydes is 1. The maximum atomic E-state index is 13.4. The molecule has 5 amide bonds. The molecule has 260 valence electrons. The Kier molecular flexibility index (Phi) is 15.8. The molecule has 6 atom stereocenters. The van der Waals surface area contributed by atoms with Gasteiger partial charge in [0.1, 0.15) is 30.5 Å². The molecule has 1 heterocycles. The quantitative estimate of drug-likeness (QED) is 0.0292. The first-order valence-corrected chi connectivity index (χ1v) is 14.1. The van der Waals surface area contributed by atoms with Crippen molar-refractivity contribution < 1.29 is 56.9 Å². The first-order chi connectivity index (χ1) is 21.4. The lowest BCUT2D eigenvalue weighted by Gasteiger charge is -2.29. The van der Waals surface area contributed by atoms with Crippen molar-refractivity contribution in [2.24, 2.45) is 22.2 Å². The van der Waals surface area contributed by atoms with Crippen LogP contribution in [0.5, 0.6) is 0 Å². The summed E-state index contributed by atoms with van der Waals surface area (Å²) < 4.78 is 40.1. The second-order valence-corrected chi connectivity index (χ2v) is 10.4. The molecule has 0 aromatic carbocycles. The number of carboxylic acid groups (broad SMARTS) is 1. The van der Waals surface area contributed by atoms with E-state index in [-0.39, 0.29) is 44.6 Å². The number of aliphatic hydroxyl groups is 1. The van der Waals surface area contributed by atoms with Crippen molar-refractivity contribution in [2.45, 2.75) is 87.9 Å². The highest BCUT2D eigenvalue weighted by atomic mass is 19.4. The van der Waals surface area contributed by atoms with Crippen LogP contribution in [0.3, 0.4) is 0 Å². The van der Waals surface area contributed by atoms with Gasteiger partial charge in [0.15, 0.2) is 5.96 Å². The lowest BCUT2D eigenvalue weighted by Crippen LogP contribution is -2.59. The SMILES string of the molecule is C[C@H](NC(=O)[C@@H](N)CCCN=C(N)N)C(=O)N1CCC[C@H]1C(=O)N[C@@H](CC(F)(F)F)C(=O)N[C@@H](CO)C(=O)N[C@H](C=O)CC(=O)O. The predicted octanol–water partition coefficient (Wildman–Crippen LogP) is -4.06. The first-order valence-electron chi connectivity index (χ1n) is 14.1. The molecule has 1 rings (SSSR count). The molecule has 0 aliphatic carbocycles. The predicted molar refractivity (Wildman–Crippen MR) is 152 cm³/mol. The molecule has 1 aliphatic rings. The third-order valence-electron chi connectivity index (χ3n) is 6.64. The number of aliphatic carboxylic acids is 1. The van der Waals surface area contributed by atoms with Crippen molar-refractivity contribution in [1.29, 1.82) is 0 Å². The van der Waals surface area contributed by atoms with E-state index in [1.807, 2.05) is 16.0 Å². The average Bonchev–Trinajstić information content (AvgIpc) is 3.45. The number of nitrogens with two attached hydrogens (primary N) is 3. The molecule has 0 unspecified atom stereocenters. The third-order valence-corrected chi connectivity index (χ3v) is 6.64. The van der Waals surface area contributed by atoms with Gasteiger partial charge in [-0.15, -0.1) is 0 Å². The van der Waals surface area contributed by atoms with Gasteiger partial charge in [-0.25, -0.2) is 0 Å². The Balaban J connectivity index is 2.94. The van der Waals surface area contributed by atoms with E-state index in [4.69, 9.17) is 22.3 Å². The molecule has 0 aromatic rings. The molecule has 1 saturated heterocycles. The zero-order valence-corrected chi connectivity index (χ0v) is 24.9. The molecule has 0 radical (unpaired) electrons. The van der Waals surface area contributed by atoms with Gasteiger partial charge >= 0.3 is 12.1 Å². The van der Waals surface area contributed by atoms with E-state index in [1.165, 1.54) is 6.92 Å². The molecular weight excluding hydrogens is 627 g/mol. The molecule has 1 aliphatic heterocycles. The van der Waals surface area contributed by atoms with Crippen LogP contribution in [0.2, 0.25) is 0 Å². The maximum Gasteiger partial charge on any atom is 0.391 e. The van der Waals surface area contributed by atoms with Gasteiger partial charge < -0.3 is 58.4 Å². The number of carboxylic acids is 1. The summed E-state index contributed by atoms with van der Waals surface area (Å²) in [7, 11) is 0. The molecular formula is C25H40F3N9O9. The van der Waals surface area contributed by atoms with Crippen LogP contribution in [-0.2, 0) is 33.6 Å². The van der Waals surface area contributed by atoms with Crippen LogP contribution in [0.15, 0.2) is 4.99 Å². The zero-order valence-electron chi connectivity index (χ0n) is 24.9. The van der Waals surface area contributed by atoms with Crippen molar-refractivity contribution in [1.82, 2.24) is 26.2 Å². The van der Waals surface area contributed by atoms with Gasteiger partial charge in [-0.2, -0.15) is 13.2 Å². The molecule has 0 aromatic heterocycles. The third kappa shape index (κ3) is 13.6. The van der Waals surface area contributed by atoms with Crippen LogP contribution in [0.25, 0.3) is 0 Å². The van der Waals surface area contributed by atoms with Crippen molar-refractivity contribution >= 4 is 47.8 Å². The van der Waals surface area contributed by atoms with Crippen molar-refractivity contribution in [3.63, 3.8) is 0 Å². The van der Waals surface area contributed by atoms with Crippen molar-refractivity contribution in [3.05, 3.63) is 0 Å². The maximum absolute atomic E-state index is 13.4. The molecule has 18 nitrogen and oxygen atoms in total. The number of carbonyl (C=O) groups is 7. The minimum atomic E-state index is -5.00. The Morgan fingerprint density at radius 2 is 1.65 bits per heavy atom. The number of rotatable bonds is 18. The van der Waals surface area contributed by atoms with E-state index in [0.717, 1.165) is 4.90 Å². The Morgan fingerprint density at radius 1 is 1.02 bits per heavy atom. The summed E-state index contributed by atoms with van der Waals surface area (Å²) in [4.78, 5) is 90.4. The first kappa shape index (κ1) is 39.5. The number of carbonyl (C=O) groups excluding carboxylic acids is 6. The van der Waals surface area contributed by atoms with E-state index in [1.54, 1.807) is 0 Å².